The highest BCUT2D eigenvalue weighted by molar-refractivity contribution is 6.06. The van der Waals surface area contributed by atoms with E-state index in [2.05, 4.69) is 15.6 Å². The number of pyridine rings is 1. The fourth-order valence-electron chi connectivity index (χ4n) is 2.97. The van der Waals surface area contributed by atoms with Crippen LogP contribution in [0.15, 0.2) is 48.5 Å². The van der Waals surface area contributed by atoms with Crippen molar-refractivity contribution in [1.82, 2.24) is 4.98 Å². The molecule has 0 aliphatic rings. The van der Waals surface area contributed by atoms with Gasteiger partial charge in [0, 0.05) is 16.8 Å². The quantitative estimate of drug-likeness (QED) is 0.649. The molecular formula is C20H19N3O3. The maximum absolute atomic E-state index is 12.5. The van der Waals surface area contributed by atoms with Crippen molar-refractivity contribution in [3.05, 3.63) is 65.4 Å². The summed E-state index contributed by atoms with van der Waals surface area (Å²) in [5.41, 5.74) is 3.51. The number of aromatic carboxylic acids is 1. The third kappa shape index (κ3) is 3.49. The lowest BCUT2D eigenvalue weighted by atomic mass is 10.0. The van der Waals surface area contributed by atoms with Gasteiger partial charge in [-0.2, -0.15) is 0 Å². The van der Waals surface area contributed by atoms with Crippen molar-refractivity contribution >= 4 is 34.3 Å². The molecule has 0 aliphatic heterocycles. The van der Waals surface area contributed by atoms with Gasteiger partial charge in [0.25, 0.3) is 0 Å². The zero-order chi connectivity index (χ0) is 18.7. The van der Waals surface area contributed by atoms with Gasteiger partial charge in [-0.15, -0.1) is 0 Å². The first-order chi connectivity index (χ1) is 12.5. The maximum Gasteiger partial charge on any atom is 0.336 e. The van der Waals surface area contributed by atoms with Gasteiger partial charge in [-0.05, 0) is 43.2 Å². The van der Waals surface area contributed by atoms with Crippen LogP contribution in [0.1, 0.15) is 28.5 Å². The first kappa shape index (κ1) is 17.4. The highest BCUT2D eigenvalue weighted by atomic mass is 16.4. The Kier molecular flexibility index (Phi) is 4.84. The van der Waals surface area contributed by atoms with E-state index in [1.807, 2.05) is 38.1 Å². The fourth-order valence-corrected chi connectivity index (χ4v) is 2.97. The van der Waals surface area contributed by atoms with E-state index in [9.17, 15) is 14.7 Å². The van der Waals surface area contributed by atoms with Crippen molar-refractivity contribution in [2.45, 2.75) is 20.3 Å². The van der Waals surface area contributed by atoms with Gasteiger partial charge in [-0.1, -0.05) is 31.2 Å². The van der Waals surface area contributed by atoms with E-state index in [1.165, 1.54) is 6.07 Å². The number of urea groups is 1. The zero-order valence-electron chi connectivity index (χ0n) is 14.5. The lowest BCUT2D eigenvalue weighted by Gasteiger charge is -2.14. The number of aromatic nitrogens is 1. The molecule has 0 atom stereocenters. The zero-order valence-corrected chi connectivity index (χ0v) is 14.5. The molecule has 2 amide bonds. The topological polar surface area (TPSA) is 91.3 Å². The first-order valence-corrected chi connectivity index (χ1v) is 8.29. The minimum atomic E-state index is -1.01. The number of benzene rings is 2. The van der Waals surface area contributed by atoms with Crippen LogP contribution in [-0.2, 0) is 6.42 Å². The molecule has 1 aromatic heterocycles. The molecule has 0 saturated carbocycles. The summed E-state index contributed by atoms with van der Waals surface area (Å²) in [5, 5.41) is 15.7. The number of carbonyl (C=O) groups is 2. The van der Waals surface area contributed by atoms with Gasteiger partial charge in [-0.3, -0.25) is 4.98 Å². The monoisotopic (exact) mass is 349 g/mol. The second-order valence-corrected chi connectivity index (χ2v) is 5.90. The molecule has 0 aliphatic carbocycles. The van der Waals surface area contributed by atoms with Crippen molar-refractivity contribution in [3.8, 4) is 0 Å². The number of carboxylic acids is 1. The molecule has 0 bridgehead atoms. The van der Waals surface area contributed by atoms with Crippen LogP contribution in [0.25, 0.3) is 10.9 Å². The molecule has 0 radical (unpaired) electrons. The number of hydrogen-bond donors (Lipinski definition) is 3. The molecule has 26 heavy (non-hydrogen) atoms. The molecule has 2 aromatic carbocycles. The average Bonchev–Trinajstić information content (AvgIpc) is 2.61. The fraction of sp³-hybridized carbons (Fsp3) is 0.150. The van der Waals surface area contributed by atoms with E-state index in [0.29, 0.717) is 23.4 Å². The van der Waals surface area contributed by atoms with Crippen molar-refractivity contribution in [2.75, 3.05) is 10.6 Å². The van der Waals surface area contributed by atoms with E-state index in [1.54, 1.807) is 18.2 Å². The van der Waals surface area contributed by atoms with E-state index >= 15 is 0 Å². The van der Waals surface area contributed by atoms with E-state index in [-0.39, 0.29) is 5.56 Å². The smallest absolute Gasteiger partial charge is 0.336 e. The summed E-state index contributed by atoms with van der Waals surface area (Å²) in [7, 11) is 0. The molecule has 0 saturated heterocycles. The summed E-state index contributed by atoms with van der Waals surface area (Å²) in [4.78, 5) is 28.3. The minimum absolute atomic E-state index is 0.190. The highest BCUT2D eigenvalue weighted by Crippen LogP contribution is 2.24. The molecule has 3 aromatic rings. The molecule has 1 heterocycles. The van der Waals surface area contributed by atoms with E-state index < -0.39 is 12.0 Å². The van der Waals surface area contributed by atoms with Crippen molar-refractivity contribution in [1.29, 1.82) is 0 Å². The van der Waals surface area contributed by atoms with Gasteiger partial charge in [0.1, 0.15) is 0 Å². The van der Waals surface area contributed by atoms with Crippen LogP contribution in [0.3, 0.4) is 0 Å². The Balaban J connectivity index is 1.89. The Labute approximate surface area is 150 Å². The second-order valence-electron chi connectivity index (χ2n) is 5.90. The summed E-state index contributed by atoms with van der Waals surface area (Å²) in [6, 6.07) is 13.8. The third-order valence-corrected chi connectivity index (χ3v) is 4.10. The molecule has 132 valence electrons. The third-order valence-electron chi connectivity index (χ3n) is 4.10. The number of carbonyl (C=O) groups excluding carboxylic acids is 1. The number of carboxylic acid groups (broad SMARTS) is 1. The van der Waals surface area contributed by atoms with Crippen LogP contribution >= 0.6 is 0 Å². The predicted octanol–water partition coefficient (Wildman–Crippen LogP) is 4.45. The molecule has 3 rings (SSSR count). The number of nitrogens with zero attached hydrogens (tertiary/aromatic N) is 1. The number of nitrogens with one attached hydrogen (secondary N) is 2. The molecular weight excluding hydrogens is 330 g/mol. The number of amides is 2. The lowest BCUT2D eigenvalue weighted by molar-refractivity contribution is 0.0695. The summed E-state index contributed by atoms with van der Waals surface area (Å²) in [6.07, 6.45) is 0.495. The van der Waals surface area contributed by atoms with Crippen molar-refractivity contribution in [2.24, 2.45) is 0 Å². The number of aryl methyl sites for hydroxylation is 1. The van der Waals surface area contributed by atoms with Gasteiger partial charge >= 0.3 is 12.0 Å². The molecule has 3 N–H and O–H groups in total. The SMILES string of the molecule is CCc1c(NC(=O)Nc2cc(C)nc3ccccc23)cccc1C(=O)O. The number of anilines is 2. The van der Waals surface area contributed by atoms with E-state index in [0.717, 1.165) is 16.6 Å². The summed E-state index contributed by atoms with van der Waals surface area (Å²) < 4.78 is 0. The first-order valence-electron chi connectivity index (χ1n) is 8.29. The number of hydrogen-bond acceptors (Lipinski definition) is 3. The molecule has 0 fully saturated rings. The standard InChI is InChI=1S/C20H19N3O3/c1-3-13-14(19(24)25)8-6-10-16(13)22-20(26)23-18-11-12(2)21-17-9-5-4-7-15(17)18/h4-11H,3H2,1-2H3,(H,24,25)(H2,21,22,23,26). The van der Waals surface area contributed by atoms with Crippen LogP contribution < -0.4 is 10.6 Å². The van der Waals surface area contributed by atoms with Crippen LogP contribution in [-0.4, -0.2) is 22.1 Å². The average molecular weight is 349 g/mol. The van der Waals surface area contributed by atoms with Crippen molar-refractivity contribution in [3.63, 3.8) is 0 Å². The summed E-state index contributed by atoms with van der Waals surface area (Å²) in [5.74, 6) is -1.01. The van der Waals surface area contributed by atoms with Crippen molar-refractivity contribution < 1.29 is 14.7 Å². The Morgan fingerprint density at radius 3 is 2.50 bits per heavy atom. The van der Waals surface area contributed by atoms with Gasteiger partial charge in [0.15, 0.2) is 0 Å². The molecule has 0 spiro atoms. The Hall–Kier alpha value is -3.41. The minimum Gasteiger partial charge on any atom is -0.478 e. The van der Waals surface area contributed by atoms with Crippen LogP contribution in [0.4, 0.5) is 16.2 Å². The lowest BCUT2D eigenvalue weighted by Crippen LogP contribution is -2.21. The Morgan fingerprint density at radius 2 is 1.77 bits per heavy atom. The normalized spacial score (nSPS) is 10.5. The maximum atomic E-state index is 12.5. The summed E-state index contributed by atoms with van der Waals surface area (Å²) >= 11 is 0. The van der Waals surface area contributed by atoms with Gasteiger partial charge in [0.05, 0.1) is 16.8 Å². The summed E-state index contributed by atoms with van der Waals surface area (Å²) in [6.45, 7) is 3.71. The highest BCUT2D eigenvalue weighted by Gasteiger charge is 2.15. The van der Waals surface area contributed by atoms with Crippen LogP contribution in [0.5, 0.6) is 0 Å². The largest absolute Gasteiger partial charge is 0.478 e. The Morgan fingerprint density at radius 1 is 1.04 bits per heavy atom. The van der Waals surface area contributed by atoms with Gasteiger partial charge in [0.2, 0.25) is 0 Å². The van der Waals surface area contributed by atoms with Gasteiger partial charge < -0.3 is 15.7 Å². The molecule has 6 heteroatoms. The number of rotatable bonds is 4. The van der Waals surface area contributed by atoms with Crippen LogP contribution in [0.2, 0.25) is 0 Å². The predicted molar refractivity (Wildman–Crippen MR) is 102 cm³/mol. The van der Waals surface area contributed by atoms with Crippen LogP contribution in [0, 0.1) is 6.92 Å². The van der Waals surface area contributed by atoms with Gasteiger partial charge in [-0.25, -0.2) is 9.59 Å². The van der Waals surface area contributed by atoms with E-state index in [4.69, 9.17) is 0 Å². The number of para-hydroxylation sites is 1. The molecule has 0 unspecified atom stereocenters. The number of fused-ring (bicyclic) bond motifs is 1. The molecule has 6 nitrogen and oxygen atoms in total. The second kappa shape index (κ2) is 7.23. The Bertz CT molecular complexity index is 999.